The Bertz CT molecular complexity index is 1590. The van der Waals surface area contributed by atoms with E-state index in [-0.39, 0.29) is 18.8 Å². The van der Waals surface area contributed by atoms with Crippen molar-refractivity contribution < 1.29 is 33.3 Å². The maximum Gasteiger partial charge on any atom is 0.338 e. The molecule has 0 aromatic heterocycles. The second-order valence-electron chi connectivity index (χ2n) is 9.75. The van der Waals surface area contributed by atoms with E-state index in [0.717, 1.165) is 20.4 Å². The van der Waals surface area contributed by atoms with Crippen molar-refractivity contribution in [1.29, 1.82) is 0 Å². The molecule has 1 aliphatic heterocycles. The highest BCUT2D eigenvalue weighted by atomic mass is 127. The van der Waals surface area contributed by atoms with Crippen LogP contribution in [-0.4, -0.2) is 44.4 Å². The standard InChI is InChI=1S/C32H33IN4O7/c1-5-42-31(39)29-20(3)35-32(40)36-30(29)23-11-13-26(27(15-23)41-4)44-18-28(38)37-34-16-22-10-12-25(24(33)14-22)43-17-21-8-6-19(2)7-9-21/h6-16,30H,5,17-18H2,1-4H3,(H,37,38)(H2,35,36,40)/b34-16-/t30-/m0/s1. The Hall–Kier alpha value is -4.59. The van der Waals surface area contributed by atoms with Gasteiger partial charge >= 0.3 is 12.0 Å². The quantitative estimate of drug-likeness (QED) is 0.105. The predicted octanol–water partition coefficient (Wildman–Crippen LogP) is 4.91. The smallest absolute Gasteiger partial charge is 0.338 e. The number of hydrazone groups is 1. The normalized spacial score (nSPS) is 14.5. The van der Waals surface area contributed by atoms with Gasteiger partial charge in [0.25, 0.3) is 5.91 Å². The molecule has 4 rings (SSSR count). The Balaban J connectivity index is 1.33. The van der Waals surface area contributed by atoms with Gasteiger partial charge in [0.1, 0.15) is 12.4 Å². The number of benzene rings is 3. The summed E-state index contributed by atoms with van der Waals surface area (Å²) in [6.07, 6.45) is 1.53. The van der Waals surface area contributed by atoms with Crippen LogP contribution in [0, 0.1) is 10.5 Å². The van der Waals surface area contributed by atoms with Crippen molar-refractivity contribution in [2.24, 2.45) is 5.10 Å². The Morgan fingerprint density at radius 1 is 1.00 bits per heavy atom. The number of ether oxygens (including phenoxy) is 4. The molecule has 0 aliphatic carbocycles. The first-order valence-corrected chi connectivity index (χ1v) is 14.8. The molecule has 12 heteroatoms. The molecule has 44 heavy (non-hydrogen) atoms. The lowest BCUT2D eigenvalue weighted by Gasteiger charge is -2.28. The average Bonchev–Trinajstić information content (AvgIpc) is 3.00. The molecule has 1 atom stereocenters. The molecule has 1 aliphatic rings. The number of halogens is 1. The molecule has 0 fully saturated rings. The summed E-state index contributed by atoms with van der Waals surface area (Å²) >= 11 is 2.20. The third kappa shape index (κ3) is 8.49. The fourth-order valence-corrected chi connectivity index (χ4v) is 5.02. The van der Waals surface area contributed by atoms with Gasteiger partial charge in [-0.2, -0.15) is 5.10 Å². The van der Waals surface area contributed by atoms with E-state index in [0.29, 0.717) is 29.4 Å². The zero-order chi connectivity index (χ0) is 31.6. The fraction of sp³-hybridized carbons (Fsp3) is 0.250. The molecule has 0 unspecified atom stereocenters. The van der Waals surface area contributed by atoms with Crippen molar-refractivity contribution in [1.82, 2.24) is 16.1 Å². The van der Waals surface area contributed by atoms with Gasteiger partial charge in [0, 0.05) is 5.70 Å². The van der Waals surface area contributed by atoms with Gasteiger partial charge in [-0.05, 0) is 90.4 Å². The largest absolute Gasteiger partial charge is 0.493 e. The lowest BCUT2D eigenvalue weighted by Crippen LogP contribution is -2.45. The first kappa shape index (κ1) is 32.3. The fourth-order valence-electron chi connectivity index (χ4n) is 4.32. The van der Waals surface area contributed by atoms with E-state index in [9.17, 15) is 14.4 Å². The number of urea groups is 1. The summed E-state index contributed by atoms with van der Waals surface area (Å²) in [7, 11) is 1.45. The maximum absolute atomic E-state index is 12.6. The Labute approximate surface area is 269 Å². The SMILES string of the molecule is CCOC(=O)C1=C(C)NC(=O)N[C@H]1c1ccc(OCC(=O)N/N=C\c2ccc(OCc3ccc(C)cc3)c(I)c2)c(OC)c1. The summed E-state index contributed by atoms with van der Waals surface area (Å²) in [4.78, 5) is 37.2. The lowest BCUT2D eigenvalue weighted by molar-refractivity contribution is -0.139. The number of carbonyl (C=O) groups is 3. The van der Waals surface area contributed by atoms with Crippen molar-refractivity contribution in [3.8, 4) is 17.2 Å². The van der Waals surface area contributed by atoms with Crippen molar-refractivity contribution >= 4 is 46.7 Å². The van der Waals surface area contributed by atoms with Crippen molar-refractivity contribution in [2.75, 3.05) is 20.3 Å². The van der Waals surface area contributed by atoms with Crippen LogP contribution >= 0.6 is 22.6 Å². The van der Waals surface area contributed by atoms with E-state index in [1.807, 2.05) is 37.3 Å². The van der Waals surface area contributed by atoms with Crippen molar-refractivity contribution in [2.45, 2.75) is 33.4 Å². The van der Waals surface area contributed by atoms with Gasteiger partial charge in [0.05, 0.1) is 35.1 Å². The molecule has 0 radical (unpaired) electrons. The summed E-state index contributed by atoms with van der Waals surface area (Å²) in [5, 5.41) is 9.36. The van der Waals surface area contributed by atoms with E-state index in [2.05, 4.69) is 55.9 Å². The molecular formula is C32H33IN4O7. The molecule has 3 aromatic rings. The molecule has 3 aromatic carbocycles. The lowest BCUT2D eigenvalue weighted by atomic mass is 9.95. The van der Waals surface area contributed by atoms with E-state index in [4.69, 9.17) is 18.9 Å². The Kier molecular flexibility index (Phi) is 11.2. The zero-order valence-corrected chi connectivity index (χ0v) is 26.9. The number of esters is 1. The van der Waals surface area contributed by atoms with E-state index in [1.54, 1.807) is 32.0 Å². The van der Waals surface area contributed by atoms with E-state index < -0.39 is 23.9 Å². The molecule has 3 amide bonds. The first-order chi connectivity index (χ1) is 21.2. The van der Waals surface area contributed by atoms with Crippen LogP contribution < -0.4 is 30.3 Å². The molecule has 3 N–H and O–H groups in total. The van der Waals surface area contributed by atoms with Crippen LogP contribution in [0.25, 0.3) is 0 Å². The van der Waals surface area contributed by atoms with E-state index >= 15 is 0 Å². The van der Waals surface area contributed by atoms with Gasteiger partial charge in [-0.3, -0.25) is 4.79 Å². The summed E-state index contributed by atoms with van der Waals surface area (Å²) in [6.45, 7) is 5.71. The summed E-state index contributed by atoms with van der Waals surface area (Å²) < 4.78 is 23.1. The van der Waals surface area contributed by atoms with Crippen LogP contribution in [0.4, 0.5) is 4.79 Å². The molecule has 11 nitrogen and oxygen atoms in total. The zero-order valence-electron chi connectivity index (χ0n) is 24.7. The molecule has 0 saturated heterocycles. The summed E-state index contributed by atoms with van der Waals surface area (Å²) in [6, 6.07) is 17.5. The van der Waals surface area contributed by atoms with Gasteiger partial charge < -0.3 is 29.6 Å². The predicted molar refractivity (Wildman–Crippen MR) is 173 cm³/mol. The topological polar surface area (TPSA) is 137 Å². The number of rotatable bonds is 12. The van der Waals surface area contributed by atoms with Crippen molar-refractivity contribution in [3.05, 3.63) is 97.8 Å². The Morgan fingerprint density at radius 3 is 2.45 bits per heavy atom. The number of methoxy groups -OCH3 is 1. The number of nitrogens with zero attached hydrogens (tertiary/aromatic N) is 1. The highest BCUT2D eigenvalue weighted by Gasteiger charge is 2.32. The van der Waals surface area contributed by atoms with Gasteiger partial charge in [-0.15, -0.1) is 0 Å². The van der Waals surface area contributed by atoms with Gasteiger partial charge in [-0.1, -0.05) is 35.9 Å². The number of carbonyl (C=O) groups excluding carboxylic acids is 3. The second kappa shape index (κ2) is 15.2. The molecule has 0 saturated carbocycles. The van der Waals surface area contributed by atoms with E-state index in [1.165, 1.54) is 18.9 Å². The molecular weight excluding hydrogens is 679 g/mol. The highest BCUT2D eigenvalue weighted by molar-refractivity contribution is 14.1. The van der Waals surface area contributed by atoms with Crippen LogP contribution in [0.15, 0.2) is 77.0 Å². The number of aryl methyl sites for hydroxylation is 1. The molecule has 0 bridgehead atoms. The number of hydrogen-bond donors (Lipinski definition) is 3. The summed E-state index contributed by atoms with van der Waals surface area (Å²) in [5.41, 5.74) is 6.76. The van der Waals surface area contributed by atoms with Gasteiger partial charge in [0.15, 0.2) is 18.1 Å². The minimum Gasteiger partial charge on any atom is -0.493 e. The maximum atomic E-state index is 12.6. The summed E-state index contributed by atoms with van der Waals surface area (Å²) in [5.74, 6) is 0.341. The first-order valence-electron chi connectivity index (χ1n) is 13.7. The van der Waals surface area contributed by atoms with Crippen LogP contribution in [-0.2, 0) is 20.9 Å². The van der Waals surface area contributed by atoms with Crippen molar-refractivity contribution in [3.63, 3.8) is 0 Å². The van der Waals surface area contributed by atoms with Crippen LogP contribution in [0.3, 0.4) is 0 Å². The molecule has 0 spiro atoms. The molecule has 230 valence electrons. The second-order valence-corrected chi connectivity index (χ2v) is 10.9. The van der Waals surface area contributed by atoms with Gasteiger partial charge in [-0.25, -0.2) is 15.0 Å². The van der Waals surface area contributed by atoms with Gasteiger partial charge in [0.2, 0.25) is 0 Å². The number of amides is 3. The minimum absolute atomic E-state index is 0.189. The third-order valence-corrected chi connectivity index (χ3v) is 7.36. The average molecular weight is 713 g/mol. The number of allylic oxidation sites excluding steroid dienone is 1. The van der Waals surface area contributed by atoms with Crippen LogP contribution in [0.5, 0.6) is 17.2 Å². The Morgan fingerprint density at radius 2 is 1.75 bits per heavy atom. The van der Waals surface area contributed by atoms with Crippen LogP contribution in [0.1, 0.15) is 42.1 Å². The monoisotopic (exact) mass is 712 g/mol. The third-order valence-electron chi connectivity index (χ3n) is 6.52. The highest BCUT2D eigenvalue weighted by Crippen LogP contribution is 2.34. The number of hydrogen-bond acceptors (Lipinski definition) is 8. The molecule has 1 heterocycles. The minimum atomic E-state index is -0.764. The number of nitrogens with one attached hydrogen (secondary N) is 3. The van der Waals surface area contributed by atoms with Crippen LogP contribution in [0.2, 0.25) is 0 Å².